The van der Waals surface area contributed by atoms with E-state index in [1.165, 1.54) is 22.1 Å². The average molecular weight is 291 g/mol. The predicted octanol–water partition coefficient (Wildman–Crippen LogP) is 4.89. The van der Waals surface area contributed by atoms with Crippen molar-refractivity contribution in [2.75, 3.05) is 13.6 Å². The summed E-state index contributed by atoms with van der Waals surface area (Å²) in [5.41, 5.74) is 4.79. The molecule has 3 aromatic rings. The molecule has 0 bridgehead atoms. The maximum Gasteiger partial charge on any atom is 0.134 e. The zero-order valence-electron chi connectivity index (χ0n) is 13.1. The molecule has 0 fully saturated rings. The summed E-state index contributed by atoms with van der Waals surface area (Å²) in [7, 11) is 2.13. The molecule has 0 N–H and O–H groups in total. The van der Waals surface area contributed by atoms with Gasteiger partial charge in [-0.2, -0.15) is 0 Å². The van der Waals surface area contributed by atoms with Gasteiger partial charge in [0.05, 0.1) is 6.26 Å². The Morgan fingerprint density at radius 3 is 2.68 bits per heavy atom. The number of aryl methyl sites for hydroxylation is 1. The predicted molar refractivity (Wildman–Crippen MR) is 92.8 cm³/mol. The number of benzene rings is 2. The molecule has 112 valence electrons. The van der Waals surface area contributed by atoms with Gasteiger partial charge in [-0.25, -0.2) is 0 Å². The minimum absolute atomic E-state index is 0.884. The van der Waals surface area contributed by atoms with E-state index in [-0.39, 0.29) is 0 Å². The van der Waals surface area contributed by atoms with Crippen molar-refractivity contribution in [1.29, 1.82) is 0 Å². The van der Waals surface area contributed by atoms with Crippen LogP contribution in [0.4, 0.5) is 0 Å². The average Bonchev–Trinajstić information content (AvgIpc) is 2.92. The van der Waals surface area contributed by atoms with Crippen molar-refractivity contribution in [3.63, 3.8) is 0 Å². The highest BCUT2D eigenvalue weighted by molar-refractivity contribution is 5.80. The number of para-hydroxylation sites is 1. The summed E-state index contributed by atoms with van der Waals surface area (Å²) in [5, 5.41) is 1.21. The first-order chi connectivity index (χ1) is 10.7. The van der Waals surface area contributed by atoms with Crippen LogP contribution in [0, 0.1) is 6.92 Å². The van der Waals surface area contributed by atoms with Gasteiger partial charge in [0.15, 0.2) is 0 Å². The summed E-state index contributed by atoms with van der Waals surface area (Å²) in [5.74, 6) is 0. The van der Waals surface area contributed by atoms with Crippen LogP contribution in [0.1, 0.15) is 16.7 Å². The standard InChI is InChI=1S/C20H21NO/c1-16-8-3-4-9-17(16)10-7-13-21(2)14-18-15-22-20-12-6-5-11-19(18)20/h3-12,15H,13-14H2,1-2H3/b10-7+. The highest BCUT2D eigenvalue weighted by Crippen LogP contribution is 2.21. The van der Waals surface area contributed by atoms with Gasteiger partial charge in [0, 0.05) is 24.0 Å². The van der Waals surface area contributed by atoms with Crippen LogP contribution in [0.5, 0.6) is 0 Å². The molecule has 1 aromatic heterocycles. The topological polar surface area (TPSA) is 16.4 Å². The molecule has 0 aliphatic rings. The van der Waals surface area contributed by atoms with Gasteiger partial charge in [-0.3, -0.25) is 4.90 Å². The molecule has 0 saturated carbocycles. The van der Waals surface area contributed by atoms with Crippen LogP contribution in [-0.2, 0) is 6.54 Å². The van der Waals surface area contributed by atoms with E-state index in [0.29, 0.717) is 0 Å². The largest absolute Gasteiger partial charge is 0.464 e. The Morgan fingerprint density at radius 1 is 1.05 bits per heavy atom. The van der Waals surface area contributed by atoms with Crippen LogP contribution in [0.2, 0.25) is 0 Å². The lowest BCUT2D eigenvalue weighted by Gasteiger charge is -2.13. The molecule has 0 atom stereocenters. The van der Waals surface area contributed by atoms with Gasteiger partial charge in [-0.1, -0.05) is 54.6 Å². The lowest BCUT2D eigenvalue weighted by Crippen LogP contribution is -2.17. The number of fused-ring (bicyclic) bond motifs is 1. The van der Waals surface area contributed by atoms with Crippen LogP contribution < -0.4 is 0 Å². The summed E-state index contributed by atoms with van der Waals surface area (Å²) in [6.07, 6.45) is 6.27. The zero-order chi connectivity index (χ0) is 15.4. The first-order valence-corrected chi connectivity index (χ1v) is 7.60. The monoisotopic (exact) mass is 291 g/mol. The zero-order valence-corrected chi connectivity index (χ0v) is 13.1. The maximum atomic E-state index is 5.59. The Bertz CT molecular complexity index is 785. The van der Waals surface area contributed by atoms with Gasteiger partial charge < -0.3 is 4.42 Å². The molecule has 0 aliphatic carbocycles. The van der Waals surface area contributed by atoms with Gasteiger partial charge in [-0.05, 0) is 31.2 Å². The molecule has 3 rings (SSSR count). The quantitative estimate of drug-likeness (QED) is 0.665. The minimum Gasteiger partial charge on any atom is -0.464 e. The highest BCUT2D eigenvalue weighted by atomic mass is 16.3. The van der Waals surface area contributed by atoms with E-state index < -0.39 is 0 Å². The third kappa shape index (κ3) is 3.29. The number of hydrogen-bond donors (Lipinski definition) is 0. The van der Waals surface area contributed by atoms with Gasteiger partial charge in [0.25, 0.3) is 0 Å². The molecule has 1 heterocycles. The first kappa shape index (κ1) is 14.6. The molecule has 22 heavy (non-hydrogen) atoms. The van der Waals surface area contributed by atoms with Crippen LogP contribution in [0.15, 0.2) is 65.3 Å². The summed E-state index contributed by atoms with van der Waals surface area (Å²) in [6.45, 7) is 3.93. The van der Waals surface area contributed by atoms with E-state index in [4.69, 9.17) is 4.42 Å². The lowest BCUT2D eigenvalue weighted by molar-refractivity contribution is 0.363. The Balaban J connectivity index is 1.63. The summed E-state index contributed by atoms with van der Waals surface area (Å²) in [6, 6.07) is 16.6. The van der Waals surface area contributed by atoms with Crippen molar-refractivity contribution in [2.24, 2.45) is 0 Å². The second-order valence-corrected chi connectivity index (χ2v) is 5.71. The number of furan rings is 1. The van der Waals surface area contributed by atoms with Crippen molar-refractivity contribution >= 4 is 17.0 Å². The van der Waals surface area contributed by atoms with Crippen molar-refractivity contribution < 1.29 is 4.42 Å². The Kier molecular flexibility index (Phi) is 4.40. The van der Waals surface area contributed by atoms with Gasteiger partial charge in [0.2, 0.25) is 0 Å². The van der Waals surface area contributed by atoms with Crippen molar-refractivity contribution in [3.05, 3.63) is 77.6 Å². The molecule has 0 radical (unpaired) electrons. The SMILES string of the molecule is Cc1ccccc1/C=C/CN(C)Cc1coc2ccccc12. The summed E-state index contributed by atoms with van der Waals surface area (Å²) in [4.78, 5) is 2.28. The highest BCUT2D eigenvalue weighted by Gasteiger charge is 2.06. The third-order valence-corrected chi connectivity index (χ3v) is 3.90. The van der Waals surface area contributed by atoms with Gasteiger partial charge in [-0.15, -0.1) is 0 Å². The Morgan fingerprint density at radius 2 is 1.82 bits per heavy atom. The molecule has 2 nitrogen and oxygen atoms in total. The molecule has 0 spiro atoms. The van der Waals surface area contributed by atoms with E-state index in [1.807, 2.05) is 18.4 Å². The molecule has 0 aliphatic heterocycles. The first-order valence-electron chi connectivity index (χ1n) is 7.60. The molecule has 2 aromatic carbocycles. The van der Waals surface area contributed by atoms with Gasteiger partial charge >= 0.3 is 0 Å². The van der Waals surface area contributed by atoms with E-state index in [9.17, 15) is 0 Å². The smallest absolute Gasteiger partial charge is 0.134 e. The molecule has 0 saturated heterocycles. The fraction of sp³-hybridized carbons (Fsp3) is 0.200. The second-order valence-electron chi connectivity index (χ2n) is 5.71. The van der Waals surface area contributed by atoms with Crippen molar-refractivity contribution in [1.82, 2.24) is 4.90 Å². The third-order valence-electron chi connectivity index (χ3n) is 3.90. The molecular formula is C20H21NO. The molecule has 0 amide bonds. The van der Waals surface area contributed by atoms with E-state index >= 15 is 0 Å². The van der Waals surface area contributed by atoms with Crippen LogP contribution >= 0.6 is 0 Å². The van der Waals surface area contributed by atoms with Crippen molar-refractivity contribution in [2.45, 2.75) is 13.5 Å². The minimum atomic E-state index is 0.884. The summed E-state index contributed by atoms with van der Waals surface area (Å²) < 4.78 is 5.59. The van der Waals surface area contributed by atoms with Crippen LogP contribution in [0.25, 0.3) is 17.0 Å². The normalized spacial score (nSPS) is 11.8. The van der Waals surface area contributed by atoms with E-state index in [1.54, 1.807) is 0 Å². The van der Waals surface area contributed by atoms with Crippen molar-refractivity contribution in [3.8, 4) is 0 Å². The lowest BCUT2D eigenvalue weighted by atomic mass is 10.1. The maximum absolute atomic E-state index is 5.59. The fourth-order valence-electron chi connectivity index (χ4n) is 2.64. The second kappa shape index (κ2) is 6.63. The number of hydrogen-bond acceptors (Lipinski definition) is 2. The molecule has 2 heteroatoms. The molecule has 0 unspecified atom stereocenters. The fourth-order valence-corrected chi connectivity index (χ4v) is 2.64. The number of nitrogens with zero attached hydrogens (tertiary/aromatic N) is 1. The van der Waals surface area contributed by atoms with E-state index in [0.717, 1.165) is 18.7 Å². The van der Waals surface area contributed by atoms with Crippen LogP contribution in [0.3, 0.4) is 0 Å². The Hall–Kier alpha value is -2.32. The molecular weight excluding hydrogens is 270 g/mol. The number of rotatable bonds is 5. The summed E-state index contributed by atoms with van der Waals surface area (Å²) >= 11 is 0. The number of likely N-dealkylation sites (N-methyl/N-ethyl adjacent to an activating group) is 1. The van der Waals surface area contributed by atoms with E-state index in [2.05, 4.69) is 67.4 Å². The van der Waals surface area contributed by atoms with Gasteiger partial charge in [0.1, 0.15) is 5.58 Å². The van der Waals surface area contributed by atoms with Crippen LogP contribution in [-0.4, -0.2) is 18.5 Å². The Labute approximate surface area is 131 Å².